The Kier molecular flexibility index (Phi) is 5.76. The molecule has 0 amide bonds. The van der Waals surface area contributed by atoms with Crippen molar-refractivity contribution in [1.29, 1.82) is 0 Å². The molecule has 13 heteroatoms. The fraction of sp³-hybridized carbons (Fsp3) is 0.0526. The van der Waals surface area contributed by atoms with Crippen LogP contribution in [-0.2, 0) is 6.18 Å². The summed E-state index contributed by atoms with van der Waals surface area (Å²) in [6, 6.07) is 1.44. The first kappa shape index (κ1) is 22.9. The minimum Gasteiger partial charge on any atom is -0.451 e. The van der Waals surface area contributed by atoms with Gasteiger partial charge in [0.1, 0.15) is 23.0 Å². The standard InChI is InChI=1S/C19H9F9N2O2/c20-6-1-9(29)15(23)11(3-6)31-13-5-8(22)14(19(26,27)28)18(17(13)25)32-12-4-7(21)2-10(30)16(12)24/h1-5H,29-30H2. The van der Waals surface area contributed by atoms with E-state index < -0.39 is 81.0 Å². The Labute approximate surface area is 172 Å². The minimum atomic E-state index is -5.58. The summed E-state index contributed by atoms with van der Waals surface area (Å²) in [4.78, 5) is 0. The molecule has 0 heterocycles. The quantitative estimate of drug-likeness (QED) is 0.349. The Bertz CT molecular complexity index is 1210. The average Bonchev–Trinajstić information content (AvgIpc) is 2.65. The van der Waals surface area contributed by atoms with Gasteiger partial charge in [-0.25, -0.2) is 22.0 Å². The summed E-state index contributed by atoms with van der Waals surface area (Å²) in [5, 5.41) is 0. The number of anilines is 2. The van der Waals surface area contributed by atoms with Gasteiger partial charge in [0.15, 0.2) is 34.6 Å². The molecule has 0 aliphatic heterocycles. The van der Waals surface area contributed by atoms with E-state index in [4.69, 9.17) is 11.5 Å². The van der Waals surface area contributed by atoms with Crippen molar-refractivity contribution in [3.8, 4) is 23.0 Å². The molecule has 0 atom stereocenters. The van der Waals surface area contributed by atoms with Crippen molar-refractivity contribution in [3.63, 3.8) is 0 Å². The highest BCUT2D eigenvalue weighted by Gasteiger charge is 2.41. The molecule has 3 aromatic carbocycles. The number of nitrogens with two attached hydrogens (primary N) is 2. The normalized spacial score (nSPS) is 11.5. The van der Waals surface area contributed by atoms with Gasteiger partial charge >= 0.3 is 6.18 Å². The summed E-state index contributed by atoms with van der Waals surface area (Å²) in [6.07, 6.45) is -5.58. The number of benzene rings is 3. The average molecular weight is 468 g/mol. The molecule has 0 aliphatic rings. The maximum absolute atomic E-state index is 14.9. The van der Waals surface area contributed by atoms with E-state index in [0.717, 1.165) is 0 Å². The molecular formula is C19H9F9N2O2. The number of rotatable bonds is 4. The summed E-state index contributed by atoms with van der Waals surface area (Å²) in [5.41, 5.74) is 6.27. The lowest BCUT2D eigenvalue weighted by molar-refractivity contribution is -0.141. The van der Waals surface area contributed by atoms with Crippen LogP contribution in [-0.4, -0.2) is 0 Å². The Hall–Kier alpha value is -3.77. The Morgan fingerprint density at radius 1 is 0.594 bits per heavy atom. The molecule has 0 spiro atoms. The molecule has 0 aromatic heterocycles. The van der Waals surface area contributed by atoms with E-state index in [9.17, 15) is 39.5 Å². The van der Waals surface area contributed by atoms with Crippen molar-refractivity contribution >= 4 is 11.4 Å². The summed E-state index contributed by atoms with van der Waals surface area (Å²) in [7, 11) is 0. The summed E-state index contributed by atoms with van der Waals surface area (Å²) in [6.45, 7) is 0. The zero-order valence-corrected chi connectivity index (χ0v) is 15.3. The lowest BCUT2D eigenvalue weighted by atomic mass is 10.1. The number of hydrogen-bond donors (Lipinski definition) is 2. The highest BCUT2D eigenvalue weighted by molar-refractivity contribution is 5.53. The largest absolute Gasteiger partial charge is 0.451 e. The minimum absolute atomic E-state index is 0.123. The monoisotopic (exact) mass is 468 g/mol. The van der Waals surface area contributed by atoms with Crippen molar-refractivity contribution in [2.24, 2.45) is 0 Å². The molecule has 0 fully saturated rings. The van der Waals surface area contributed by atoms with Crippen LogP contribution in [0.1, 0.15) is 5.56 Å². The van der Waals surface area contributed by atoms with E-state index in [1.54, 1.807) is 0 Å². The molecule has 4 nitrogen and oxygen atoms in total. The topological polar surface area (TPSA) is 70.5 Å². The third kappa shape index (κ3) is 4.31. The number of nitrogen functional groups attached to an aromatic ring is 2. The van der Waals surface area contributed by atoms with Crippen LogP contribution in [0.25, 0.3) is 0 Å². The second-order valence-corrected chi connectivity index (χ2v) is 6.19. The summed E-state index contributed by atoms with van der Waals surface area (Å²) >= 11 is 0. The van der Waals surface area contributed by atoms with Gasteiger partial charge in [-0.3, -0.25) is 0 Å². The zero-order chi connectivity index (χ0) is 24.0. The van der Waals surface area contributed by atoms with Crippen molar-refractivity contribution in [2.45, 2.75) is 6.18 Å². The lowest BCUT2D eigenvalue weighted by Gasteiger charge is -2.18. The van der Waals surface area contributed by atoms with Crippen LogP contribution >= 0.6 is 0 Å². The number of alkyl halides is 3. The third-order valence-electron chi connectivity index (χ3n) is 3.92. The van der Waals surface area contributed by atoms with E-state index in [1.165, 1.54) is 0 Å². The summed E-state index contributed by atoms with van der Waals surface area (Å²) < 4.78 is 133. The Morgan fingerprint density at radius 2 is 1.03 bits per heavy atom. The van der Waals surface area contributed by atoms with Gasteiger partial charge < -0.3 is 20.9 Å². The van der Waals surface area contributed by atoms with Crippen LogP contribution in [0.15, 0.2) is 30.3 Å². The predicted molar refractivity (Wildman–Crippen MR) is 93.0 cm³/mol. The lowest BCUT2D eigenvalue weighted by Crippen LogP contribution is -2.13. The molecule has 0 radical (unpaired) electrons. The molecule has 0 saturated heterocycles. The Morgan fingerprint density at radius 3 is 1.50 bits per heavy atom. The van der Waals surface area contributed by atoms with Crippen LogP contribution < -0.4 is 20.9 Å². The second-order valence-electron chi connectivity index (χ2n) is 6.19. The summed E-state index contributed by atoms with van der Waals surface area (Å²) in [5.74, 6) is -15.5. The molecule has 0 unspecified atom stereocenters. The number of ether oxygens (including phenoxy) is 2. The molecule has 0 aliphatic carbocycles. The van der Waals surface area contributed by atoms with Crippen molar-refractivity contribution < 1.29 is 49.0 Å². The van der Waals surface area contributed by atoms with Gasteiger partial charge in [-0.2, -0.15) is 17.6 Å². The van der Waals surface area contributed by atoms with Crippen LogP contribution in [0.2, 0.25) is 0 Å². The predicted octanol–water partition coefficient (Wildman–Crippen LogP) is 6.29. The van der Waals surface area contributed by atoms with Gasteiger partial charge in [-0.05, 0) is 0 Å². The van der Waals surface area contributed by atoms with Crippen LogP contribution in [0.5, 0.6) is 23.0 Å². The van der Waals surface area contributed by atoms with Crippen molar-refractivity contribution in [2.75, 3.05) is 11.5 Å². The van der Waals surface area contributed by atoms with Gasteiger partial charge in [0.2, 0.25) is 5.82 Å². The van der Waals surface area contributed by atoms with Gasteiger partial charge in [0, 0.05) is 30.3 Å². The van der Waals surface area contributed by atoms with Gasteiger partial charge in [-0.15, -0.1) is 0 Å². The van der Waals surface area contributed by atoms with Gasteiger partial charge in [-0.1, -0.05) is 0 Å². The van der Waals surface area contributed by atoms with E-state index >= 15 is 0 Å². The highest BCUT2D eigenvalue weighted by Crippen LogP contribution is 2.46. The first-order chi connectivity index (χ1) is 14.8. The first-order valence-electron chi connectivity index (χ1n) is 8.23. The SMILES string of the molecule is Nc1cc(F)cc(Oc2cc(F)c(C(F)(F)F)c(Oc3cc(F)cc(N)c3F)c2F)c1F. The van der Waals surface area contributed by atoms with Gasteiger partial charge in [0.05, 0.1) is 11.4 Å². The van der Waals surface area contributed by atoms with E-state index in [1.807, 2.05) is 0 Å². The molecule has 4 N–H and O–H groups in total. The van der Waals surface area contributed by atoms with Crippen LogP contribution in [0, 0.1) is 34.9 Å². The zero-order valence-electron chi connectivity index (χ0n) is 15.3. The molecule has 0 saturated carbocycles. The van der Waals surface area contributed by atoms with Crippen LogP contribution in [0.4, 0.5) is 50.9 Å². The van der Waals surface area contributed by atoms with Crippen molar-refractivity contribution in [3.05, 3.63) is 70.8 Å². The van der Waals surface area contributed by atoms with Crippen LogP contribution in [0.3, 0.4) is 0 Å². The van der Waals surface area contributed by atoms with Gasteiger partial charge in [0.25, 0.3) is 0 Å². The second kappa shape index (κ2) is 8.05. The molecular weight excluding hydrogens is 459 g/mol. The van der Waals surface area contributed by atoms with Crippen molar-refractivity contribution in [1.82, 2.24) is 0 Å². The number of halogens is 9. The first-order valence-corrected chi connectivity index (χ1v) is 8.23. The van der Waals surface area contributed by atoms with E-state index in [0.29, 0.717) is 18.2 Å². The molecule has 32 heavy (non-hydrogen) atoms. The molecule has 3 aromatic rings. The molecule has 3 rings (SSSR count). The van der Waals surface area contributed by atoms with E-state index in [-0.39, 0.29) is 12.1 Å². The third-order valence-corrected chi connectivity index (χ3v) is 3.92. The maximum Gasteiger partial charge on any atom is 0.422 e. The smallest absolute Gasteiger partial charge is 0.422 e. The molecule has 170 valence electrons. The fourth-order valence-corrected chi connectivity index (χ4v) is 2.56. The fourth-order valence-electron chi connectivity index (χ4n) is 2.56. The highest BCUT2D eigenvalue weighted by atomic mass is 19.4. The molecule has 0 bridgehead atoms. The number of hydrogen-bond acceptors (Lipinski definition) is 4. The van der Waals surface area contributed by atoms with E-state index in [2.05, 4.69) is 9.47 Å². The maximum atomic E-state index is 14.9. The Balaban J connectivity index is 2.21.